The fraction of sp³-hybridized carbons (Fsp3) is 0.480. The summed E-state index contributed by atoms with van der Waals surface area (Å²) in [7, 11) is 2.12. The number of nitrogens with zero attached hydrogens (tertiary/aromatic N) is 5. The summed E-state index contributed by atoms with van der Waals surface area (Å²) in [6, 6.07) is 6.23. The number of likely N-dealkylation sites (tertiary alicyclic amines) is 1. The van der Waals surface area contributed by atoms with Gasteiger partial charge in [-0.3, -0.25) is 9.40 Å². The van der Waals surface area contributed by atoms with Gasteiger partial charge in [0.2, 0.25) is 0 Å². The van der Waals surface area contributed by atoms with Crippen LogP contribution in [0, 0.1) is 6.92 Å². The highest BCUT2D eigenvalue weighted by atomic mass is 32.2. The third kappa shape index (κ3) is 6.19. The summed E-state index contributed by atoms with van der Waals surface area (Å²) in [6.45, 7) is 4.00. The number of nitrogens with two attached hydrogens (primary N) is 1. The minimum absolute atomic E-state index is 0.160. The van der Waals surface area contributed by atoms with Gasteiger partial charge in [0, 0.05) is 5.56 Å². The van der Waals surface area contributed by atoms with E-state index in [1.165, 1.54) is 0 Å². The monoisotopic (exact) mass is 533 g/mol. The molecule has 2 aliphatic rings. The lowest BCUT2D eigenvalue weighted by atomic mass is 9.98. The van der Waals surface area contributed by atoms with Crippen molar-refractivity contribution in [3.8, 4) is 22.9 Å². The van der Waals surface area contributed by atoms with Gasteiger partial charge in [-0.05, 0) is 70.4 Å². The number of anilines is 1. The van der Waals surface area contributed by atoms with Crippen LogP contribution in [-0.4, -0.2) is 56.7 Å². The molecule has 2 fully saturated rings. The van der Waals surface area contributed by atoms with Crippen LogP contribution in [0.5, 0.6) is 11.6 Å². The predicted molar refractivity (Wildman–Crippen MR) is 137 cm³/mol. The maximum atomic E-state index is 12.6. The summed E-state index contributed by atoms with van der Waals surface area (Å²) in [6.07, 6.45) is 4.45. The number of alkyl halides is 3. The molecule has 5 rings (SSSR count). The van der Waals surface area contributed by atoms with Crippen LogP contribution in [0.15, 0.2) is 36.8 Å². The van der Waals surface area contributed by atoms with Crippen molar-refractivity contribution in [1.82, 2.24) is 29.4 Å². The molecule has 3 N–H and O–H groups in total. The van der Waals surface area contributed by atoms with Crippen molar-refractivity contribution in [2.24, 2.45) is 0 Å². The second-order valence-corrected chi connectivity index (χ2v) is 10.7. The Kier molecular flexibility index (Phi) is 7.08. The lowest BCUT2D eigenvalue weighted by molar-refractivity contribution is -0.105. The molecule has 0 spiro atoms. The first-order chi connectivity index (χ1) is 17.6. The van der Waals surface area contributed by atoms with E-state index in [9.17, 15) is 13.2 Å². The highest BCUT2D eigenvalue weighted by Crippen LogP contribution is 2.48. The van der Waals surface area contributed by atoms with E-state index in [2.05, 4.69) is 31.7 Å². The first-order valence-electron chi connectivity index (χ1n) is 12.2. The van der Waals surface area contributed by atoms with Crippen molar-refractivity contribution in [3.63, 3.8) is 0 Å². The molecule has 0 bridgehead atoms. The quantitative estimate of drug-likeness (QED) is 0.387. The van der Waals surface area contributed by atoms with Crippen LogP contribution in [0.3, 0.4) is 0 Å². The fourth-order valence-electron chi connectivity index (χ4n) is 4.58. The number of aromatic nitrogens is 4. The molecule has 0 amide bonds. The number of piperidine rings is 1. The highest BCUT2D eigenvalue weighted by Gasteiger charge is 2.45. The molecule has 2 aromatic heterocycles. The Bertz CT molecular complexity index is 1250. The molecule has 1 aliphatic heterocycles. The molecule has 0 unspecified atom stereocenters. The van der Waals surface area contributed by atoms with Gasteiger partial charge in [0.1, 0.15) is 5.75 Å². The van der Waals surface area contributed by atoms with E-state index < -0.39 is 17.5 Å². The second kappa shape index (κ2) is 10.1. The van der Waals surface area contributed by atoms with Gasteiger partial charge < -0.3 is 15.4 Å². The highest BCUT2D eigenvalue weighted by molar-refractivity contribution is 7.97. The van der Waals surface area contributed by atoms with E-state index in [0.717, 1.165) is 55.5 Å². The summed E-state index contributed by atoms with van der Waals surface area (Å²) in [5.41, 5.74) is 8.86. The zero-order valence-corrected chi connectivity index (χ0v) is 21.6. The first kappa shape index (κ1) is 25.8. The number of nitrogen functional groups attached to an aromatic ring is 1. The molecule has 0 atom stereocenters. The number of hydrogen-bond donors (Lipinski definition) is 2. The van der Waals surface area contributed by atoms with Gasteiger partial charge in [-0.25, -0.2) is 9.97 Å². The van der Waals surface area contributed by atoms with Crippen molar-refractivity contribution in [1.29, 1.82) is 0 Å². The van der Waals surface area contributed by atoms with E-state index in [4.69, 9.17) is 10.5 Å². The van der Waals surface area contributed by atoms with E-state index in [0.29, 0.717) is 29.4 Å². The average Bonchev–Trinajstić information content (AvgIpc) is 3.49. The predicted octanol–water partition coefficient (Wildman–Crippen LogP) is 5.08. The Morgan fingerprint density at radius 2 is 1.95 bits per heavy atom. The Morgan fingerprint density at radius 1 is 1.19 bits per heavy atom. The van der Waals surface area contributed by atoms with Crippen LogP contribution in [0.25, 0.3) is 11.3 Å². The molecule has 1 saturated heterocycles. The maximum absolute atomic E-state index is 12.6. The molecule has 1 aromatic carbocycles. The van der Waals surface area contributed by atoms with Gasteiger partial charge >= 0.3 is 6.18 Å². The summed E-state index contributed by atoms with van der Waals surface area (Å²) in [5.74, 6) is -0.0628. The second-order valence-electron chi connectivity index (χ2n) is 9.91. The summed E-state index contributed by atoms with van der Waals surface area (Å²) in [5, 5.41) is 4.47. The standard InChI is InChI=1S/C25H30F3N7OS/c1-16-9-17(11-18(10-16)24(5-6-24)33-37-15-25(26,27)28)21-13-30-22(29)23(32-21)36-20-12-31-35(14-20)19-3-7-34(2)8-4-19/h9-14,19,33H,3-8,15H2,1-2H3,(H2,29,30). The van der Waals surface area contributed by atoms with E-state index in [1.54, 1.807) is 12.4 Å². The summed E-state index contributed by atoms with van der Waals surface area (Å²) < 4.78 is 48.8. The Morgan fingerprint density at radius 3 is 2.65 bits per heavy atom. The normalized spacial score (nSPS) is 18.2. The Hall–Kier alpha value is -2.83. The van der Waals surface area contributed by atoms with E-state index in [1.807, 2.05) is 36.0 Å². The van der Waals surface area contributed by atoms with Crippen LogP contribution < -0.4 is 15.2 Å². The van der Waals surface area contributed by atoms with Crippen molar-refractivity contribution in [2.45, 2.75) is 50.4 Å². The number of halogens is 3. The SMILES string of the molecule is Cc1cc(-c2cnc(N)c(Oc3cnn(C4CCN(C)CC4)c3)n2)cc(C2(NSCC(F)(F)F)CC2)c1. The average molecular weight is 534 g/mol. The fourth-order valence-corrected chi connectivity index (χ4v) is 5.41. The summed E-state index contributed by atoms with van der Waals surface area (Å²) in [4.78, 5) is 11.2. The molecule has 198 valence electrons. The van der Waals surface area contributed by atoms with Gasteiger partial charge in [0.25, 0.3) is 5.88 Å². The number of rotatable bonds is 8. The third-order valence-corrected chi connectivity index (χ3v) is 7.81. The van der Waals surface area contributed by atoms with Crippen LogP contribution in [0.2, 0.25) is 0 Å². The largest absolute Gasteiger partial charge is 0.433 e. The molecule has 3 heterocycles. The molecular weight excluding hydrogens is 503 g/mol. The molecule has 0 radical (unpaired) electrons. The lowest BCUT2D eigenvalue weighted by Crippen LogP contribution is -2.31. The van der Waals surface area contributed by atoms with E-state index >= 15 is 0 Å². The van der Waals surface area contributed by atoms with Gasteiger partial charge in [-0.2, -0.15) is 18.3 Å². The van der Waals surface area contributed by atoms with Gasteiger partial charge in [-0.15, -0.1) is 0 Å². The maximum Gasteiger partial charge on any atom is 0.399 e. The number of aryl methyl sites for hydroxylation is 1. The minimum Gasteiger partial charge on any atom is -0.433 e. The third-order valence-electron chi connectivity index (χ3n) is 6.80. The van der Waals surface area contributed by atoms with Crippen LogP contribution in [0.1, 0.15) is 42.9 Å². The number of benzene rings is 1. The Labute approximate surface area is 217 Å². The minimum atomic E-state index is -4.22. The molecule has 1 saturated carbocycles. The zero-order valence-electron chi connectivity index (χ0n) is 20.8. The van der Waals surface area contributed by atoms with Crippen molar-refractivity contribution < 1.29 is 17.9 Å². The zero-order chi connectivity index (χ0) is 26.2. The topological polar surface area (TPSA) is 94.1 Å². The van der Waals surface area contributed by atoms with Gasteiger partial charge in [-0.1, -0.05) is 23.6 Å². The van der Waals surface area contributed by atoms with Gasteiger partial charge in [0.15, 0.2) is 11.6 Å². The van der Waals surface area contributed by atoms with Crippen molar-refractivity contribution >= 4 is 17.8 Å². The lowest BCUT2D eigenvalue weighted by Gasteiger charge is -2.28. The van der Waals surface area contributed by atoms with Gasteiger partial charge in [0.05, 0.1) is 35.9 Å². The first-order valence-corrected chi connectivity index (χ1v) is 13.2. The van der Waals surface area contributed by atoms with Crippen molar-refractivity contribution in [2.75, 3.05) is 31.6 Å². The van der Waals surface area contributed by atoms with Crippen LogP contribution >= 0.6 is 11.9 Å². The molecule has 1 aliphatic carbocycles. The number of ether oxygens (including phenoxy) is 1. The van der Waals surface area contributed by atoms with Crippen LogP contribution in [-0.2, 0) is 5.54 Å². The number of hydrogen-bond acceptors (Lipinski definition) is 8. The molecule has 12 heteroatoms. The smallest absolute Gasteiger partial charge is 0.399 e. The number of nitrogens with one attached hydrogen (secondary N) is 1. The molecule has 8 nitrogen and oxygen atoms in total. The Balaban J connectivity index is 1.33. The molecule has 3 aromatic rings. The van der Waals surface area contributed by atoms with Crippen LogP contribution in [0.4, 0.5) is 19.0 Å². The van der Waals surface area contributed by atoms with E-state index in [-0.39, 0.29) is 11.7 Å². The summed E-state index contributed by atoms with van der Waals surface area (Å²) >= 11 is 0.700. The molecule has 37 heavy (non-hydrogen) atoms. The molecular formula is C25H30F3N7OS. The van der Waals surface area contributed by atoms with Crippen molar-refractivity contribution in [3.05, 3.63) is 47.9 Å².